The Balaban J connectivity index is 1.51. The minimum atomic E-state index is -3.54. The number of sulfone groups is 1. The summed E-state index contributed by atoms with van der Waals surface area (Å²) in [6.07, 6.45) is 4.63. The number of pyridine rings is 1. The van der Waals surface area contributed by atoms with Crippen molar-refractivity contribution in [1.29, 1.82) is 0 Å². The van der Waals surface area contributed by atoms with Gasteiger partial charge < -0.3 is 4.90 Å². The van der Waals surface area contributed by atoms with Gasteiger partial charge >= 0.3 is 0 Å². The minimum Gasteiger partial charge on any atom is -0.330 e. The fourth-order valence-corrected chi connectivity index (χ4v) is 5.50. The molecule has 1 amide bonds. The van der Waals surface area contributed by atoms with E-state index in [0.29, 0.717) is 11.4 Å². The van der Waals surface area contributed by atoms with Gasteiger partial charge in [-0.1, -0.05) is 42.5 Å². The van der Waals surface area contributed by atoms with Gasteiger partial charge in [-0.15, -0.1) is 0 Å². The summed E-state index contributed by atoms with van der Waals surface area (Å²) in [5, 5.41) is 0. The highest BCUT2D eigenvalue weighted by Gasteiger charge is 2.25. The summed E-state index contributed by atoms with van der Waals surface area (Å²) in [6, 6.07) is 20.5. The van der Waals surface area contributed by atoms with Crippen LogP contribution in [0.25, 0.3) is 0 Å². The molecule has 4 rings (SSSR count). The van der Waals surface area contributed by atoms with Gasteiger partial charge in [-0.25, -0.2) is 8.42 Å². The Morgan fingerprint density at radius 3 is 2.50 bits per heavy atom. The van der Waals surface area contributed by atoms with Crippen molar-refractivity contribution >= 4 is 15.7 Å². The molecule has 32 heavy (non-hydrogen) atoms. The van der Waals surface area contributed by atoms with Crippen molar-refractivity contribution in [3.05, 3.63) is 95.3 Å². The average molecular weight is 449 g/mol. The number of amides is 1. The molecule has 1 aliphatic carbocycles. The molecule has 1 aliphatic rings. The van der Waals surface area contributed by atoms with Gasteiger partial charge in [0.15, 0.2) is 9.84 Å². The molecule has 5 nitrogen and oxygen atoms in total. The lowest BCUT2D eigenvalue weighted by Gasteiger charge is -2.29. The Bertz CT molecular complexity index is 1180. The molecule has 6 heteroatoms. The van der Waals surface area contributed by atoms with E-state index in [-0.39, 0.29) is 24.1 Å². The summed E-state index contributed by atoms with van der Waals surface area (Å²) in [5.41, 5.74) is 4.12. The molecule has 1 heterocycles. The van der Waals surface area contributed by atoms with Crippen molar-refractivity contribution in [2.75, 3.05) is 5.75 Å². The van der Waals surface area contributed by atoms with E-state index in [4.69, 9.17) is 0 Å². The SMILES string of the molecule is CC(c1ccccn1)N(Cc1ccccc1)C(=O)CCS(=O)(=O)c1ccc2c(c1)CCC2. The Morgan fingerprint density at radius 2 is 1.75 bits per heavy atom. The lowest BCUT2D eigenvalue weighted by molar-refractivity contribution is -0.133. The summed E-state index contributed by atoms with van der Waals surface area (Å²) in [7, 11) is -3.54. The maximum Gasteiger partial charge on any atom is 0.224 e. The highest BCUT2D eigenvalue weighted by atomic mass is 32.2. The van der Waals surface area contributed by atoms with Crippen molar-refractivity contribution in [1.82, 2.24) is 9.88 Å². The topological polar surface area (TPSA) is 67.3 Å². The van der Waals surface area contributed by atoms with Crippen molar-refractivity contribution in [3.63, 3.8) is 0 Å². The van der Waals surface area contributed by atoms with Gasteiger partial charge in [0, 0.05) is 19.2 Å². The lowest BCUT2D eigenvalue weighted by Crippen LogP contribution is -2.34. The number of rotatable bonds is 8. The molecule has 0 N–H and O–H groups in total. The summed E-state index contributed by atoms with van der Waals surface area (Å²) in [4.78, 5) is 19.7. The van der Waals surface area contributed by atoms with Crippen LogP contribution in [0.15, 0.2) is 77.8 Å². The molecule has 2 aromatic carbocycles. The second-order valence-electron chi connectivity index (χ2n) is 8.29. The largest absolute Gasteiger partial charge is 0.330 e. The number of aromatic nitrogens is 1. The van der Waals surface area contributed by atoms with Crippen LogP contribution in [0.4, 0.5) is 0 Å². The summed E-state index contributed by atoms with van der Waals surface area (Å²) in [6.45, 7) is 2.33. The molecule has 0 saturated heterocycles. The number of hydrogen-bond acceptors (Lipinski definition) is 4. The maximum atomic E-state index is 13.3. The van der Waals surface area contributed by atoms with Crippen LogP contribution in [0, 0.1) is 0 Å². The van der Waals surface area contributed by atoms with Gasteiger partial charge in [-0.2, -0.15) is 0 Å². The van der Waals surface area contributed by atoms with Gasteiger partial charge in [0.05, 0.1) is 22.4 Å². The normalized spacial score (nSPS) is 14.0. The first-order valence-electron chi connectivity index (χ1n) is 11.0. The molecule has 1 atom stereocenters. The van der Waals surface area contributed by atoms with Gasteiger partial charge in [0.1, 0.15) is 0 Å². The Hall–Kier alpha value is -2.99. The average Bonchev–Trinajstić information content (AvgIpc) is 3.30. The maximum absolute atomic E-state index is 13.3. The van der Waals surface area contributed by atoms with Crippen LogP contribution in [0.1, 0.15) is 48.2 Å². The lowest BCUT2D eigenvalue weighted by atomic mass is 10.1. The highest BCUT2D eigenvalue weighted by molar-refractivity contribution is 7.91. The van der Waals surface area contributed by atoms with Crippen LogP contribution in [-0.2, 0) is 34.0 Å². The Morgan fingerprint density at radius 1 is 1.00 bits per heavy atom. The summed E-state index contributed by atoms with van der Waals surface area (Å²) >= 11 is 0. The van der Waals surface area contributed by atoms with E-state index in [9.17, 15) is 13.2 Å². The summed E-state index contributed by atoms with van der Waals surface area (Å²) in [5.74, 6) is -0.401. The van der Waals surface area contributed by atoms with Gasteiger partial charge in [-0.05, 0) is 67.1 Å². The van der Waals surface area contributed by atoms with Gasteiger partial charge in [-0.3, -0.25) is 9.78 Å². The third kappa shape index (κ3) is 5.07. The van der Waals surface area contributed by atoms with E-state index >= 15 is 0 Å². The smallest absolute Gasteiger partial charge is 0.224 e. The molecule has 166 valence electrons. The molecule has 1 unspecified atom stereocenters. The molecule has 3 aromatic rings. The van der Waals surface area contributed by atoms with Gasteiger partial charge in [0.25, 0.3) is 0 Å². The first kappa shape index (κ1) is 22.2. The number of carbonyl (C=O) groups is 1. The van der Waals surface area contributed by atoms with Crippen LogP contribution < -0.4 is 0 Å². The highest BCUT2D eigenvalue weighted by Crippen LogP contribution is 2.26. The zero-order valence-electron chi connectivity index (χ0n) is 18.3. The number of aryl methyl sites for hydroxylation is 2. The Labute approximate surface area is 190 Å². The van der Waals surface area contributed by atoms with E-state index in [0.717, 1.165) is 36.1 Å². The van der Waals surface area contributed by atoms with Crippen molar-refractivity contribution in [3.8, 4) is 0 Å². The van der Waals surface area contributed by atoms with Gasteiger partial charge in [0.2, 0.25) is 5.91 Å². The minimum absolute atomic E-state index is 0.0660. The molecule has 0 saturated carbocycles. The molecular formula is C26H28N2O3S. The van der Waals surface area contributed by atoms with Crippen LogP contribution in [0.3, 0.4) is 0 Å². The second-order valence-corrected chi connectivity index (χ2v) is 10.4. The van der Waals surface area contributed by atoms with Crippen molar-refractivity contribution < 1.29 is 13.2 Å². The standard InChI is InChI=1S/C26H28N2O3S/c1-20(25-12-5-6-16-27-25)28(19-21-8-3-2-4-9-21)26(29)15-17-32(30,31)24-14-13-22-10-7-11-23(22)18-24/h2-6,8-9,12-14,16,18,20H,7,10-11,15,17,19H2,1H3. The van der Waals surface area contributed by atoms with Crippen LogP contribution in [-0.4, -0.2) is 30.0 Å². The number of hydrogen-bond donors (Lipinski definition) is 0. The molecule has 0 spiro atoms. The number of fused-ring (bicyclic) bond motifs is 1. The van der Waals surface area contributed by atoms with E-state index in [1.54, 1.807) is 23.2 Å². The molecular weight excluding hydrogens is 420 g/mol. The molecule has 1 aromatic heterocycles. The second kappa shape index (κ2) is 9.65. The fourth-order valence-electron chi connectivity index (χ4n) is 4.23. The first-order chi connectivity index (χ1) is 15.4. The third-order valence-electron chi connectivity index (χ3n) is 6.11. The summed E-state index contributed by atoms with van der Waals surface area (Å²) < 4.78 is 25.9. The fraction of sp³-hybridized carbons (Fsp3) is 0.308. The van der Waals surface area contributed by atoms with Crippen molar-refractivity contribution in [2.24, 2.45) is 0 Å². The molecule has 0 fully saturated rings. The van der Waals surface area contributed by atoms with Crippen LogP contribution >= 0.6 is 0 Å². The van der Waals surface area contributed by atoms with Crippen LogP contribution in [0.2, 0.25) is 0 Å². The first-order valence-corrected chi connectivity index (χ1v) is 12.7. The van der Waals surface area contributed by atoms with E-state index in [2.05, 4.69) is 4.98 Å². The number of carbonyl (C=O) groups excluding carboxylic acids is 1. The van der Waals surface area contributed by atoms with E-state index in [1.807, 2.05) is 61.5 Å². The monoisotopic (exact) mass is 448 g/mol. The third-order valence-corrected chi connectivity index (χ3v) is 7.83. The van der Waals surface area contributed by atoms with Crippen molar-refractivity contribution in [2.45, 2.75) is 50.1 Å². The predicted octanol–water partition coefficient (Wildman–Crippen LogP) is 4.52. The van der Waals surface area contributed by atoms with Crippen LogP contribution in [0.5, 0.6) is 0 Å². The zero-order valence-corrected chi connectivity index (χ0v) is 19.1. The van der Waals surface area contributed by atoms with E-state index < -0.39 is 9.84 Å². The molecule has 0 radical (unpaired) electrons. The predicted molar refractivity (Wildman–Crippen MR) is 125 cm³/mol. The number of benzene rings is 2. The van der Waals surface area contributed by atoms with E-state index in [1.165, 1.54) is 5.56 Å². The molecule has 0 aliphatic heterocycles. The Kier molecular flexibility index (Phi) is 6.70. The quantitative estimate of drug-likeness (QED) is 0.508. The number of nitrogens with zero attached hydrogens (tertiary/aromatic N) is 2. The molecule has 0 bridgehead atoms. The zero-order chi connectivity index (χ0) is 22.6.